The molecule has 3 rings (SSSR count). The molecule has 126 valence electrons. The molecule has 1 aliphatic heterocycles. The third kappa shape index (κ3) is 3.82. The minimum atomic E-state index is -0.294. The van der Waals surface area contributed by atoms with Crippen molar-refractivity contribution in [1.29, 1.82) is 0 Å². The molecule has 1 N–H and O–H groups in total. The summed E-state index contributed by atoms with van der Waals surface area (Å²) in [6.07, 6.45) is 3.98. The van der Waals surface area contributed by atoms with Crippen LogP contribution in [0.1, 0.15) is 18.1 Å². The molecule has 2 aromatic rings. The summed E-state index contributed by atoms with van der Waals surface area (Å²) in [4.78, 5) is 18.2. The number of amides is 2. The predicted octanol–water partition coefficient (Wildman–Crippen LogP) is 2.76. The Morgan fingerprint density at radius 3 is 2.92 bits per heavy atom. The van der Waals surface area contributed by atoms with Gasteiger partial charge < -0.3 is 15.0 Å². The van der Waals surface area contributed by atoms with Crippen LogP contribution in [0, 0.1) is 5.82 Å². The van der Waals surface area contributed by atoms with Gasteiger partial charge in [0.05, 0.1) is 6.04 Å². The molecule has 24 heavy (non-hydrogen) atoms. The lowest BCUT2D eigenvalue weighted by Gasteiger charge is -2.29. The summed E-state index contributed by atoms with van der Waals surface area (Å²) < 4.78 is 19.0. The number of carbonyl (C=O) groups excluding carboxylic acids is 1. The number of pyridine rings is 1. The maximum Gasteiger partial charge on any atom is 0.318 e. The van der Waals surface area contributed by atoms with E-state index in [-0.39, 0.29) is 17.9 Å². The normalized spacial score (nSPS) is 16.0. The van der Waals surface area contributed by atoms with E-state index >= 15 is 0 Å². The summed E-state index contributed by atoms with van der Waals surface area (Å²) >= 11 is 0. The Labute approximate surface area is 140 Å². The van der Waals surface area contributed by atoms with Crippen LogP contribution in [0.15, 0.2) is 42.7 Å². The fraction of sp³-hybridized carbons (Fsp3) is 0.333. The molecule has 1 aliphatic rings. The molecule has 1 atom stereocenters. The number of carbonyl (C=O) groups is 1. The highest BCUT2D eigenvalue weighted by atomic mass is 19.1. The van der Waals surface area contributed by atoms with E-state index in [9.17, 15) is 9.18 Å². The van der Waals surface area contributed by atoms with Crippen molar-refractivity contribution in [3.05, 3.63) is 59.7 Å². The van der Waals surface area contributed by atoms with Crippen molar-refractivity contribution < 1.29 is 13.9 Å². The average molecular weight is 329 g/mol. The third-order valence-electron chi connectivity index (χ3n) is 4.05. The number of nitrogens with one attached hydrogen (secondary N) is 1. The van der Waals surface area contributed by atoms with Crippen LogP contribution >= 0.6 is 0 Å². The molecule has 1 aromatic heterocycles. The number of ether oxygens (including phenoxy) is 1. The molecule has 0 saturated heterocycles. The second kappa shape index (κ2) is 7.29. The van der Waals surface area contributed by atoms with Crippen LogP contribution in [-0.4, -0.2) is 35.1 Å². The molecule has 0 aliphatic carbocycles. The van der Waals surface area contributed by atoms with Gasteiger partial charge in [0.25, 0.3) is 0 Å². The van der Waals surface area contributed by atoms with Crippen LogP contribution in [0.2, 0.25) is 0 Å². The lowest BCUT2D eigenvalue weighted by molar-refractivity contribution is 0.180. The number of fused-ring (bicyclic) bond motifs is 1. The molecule has 6 heteroatoms. The number of hydrogen-bond acceptors (Lipinski definition) is 3. The smallest absolute Gasteiger partial charge is 0.318 e. The fourth-order valence-corrected chi connectivity index (χ4v) is 2.76. The molecule has 1 unspecified atom stereocenters. The lowest BCUT2D eigenvalue weighted by atomic mass is 10.0. The van der Waals surface area contributed by atoms with E-state index < -0.39 is 0 Å². The SMILES string of the molecule is CCN(Cc1ccncc1)C(=O)NC1COc2ccc(F)cc2C1. The highest BCUT2D eigenvalue weighted by molar-refractivity contribution is 5.74. The first-order chi connectivity index (χ1) is 11.7. The molecular weight excluding hydrogens is 309 g/mol. The van der Waals surface area contributed by atoms with Gasteiger partial charge in [-0.25, -0.2) is 9.18 Å². The van der Waals surface area contributed by atoms with Gasteiger partial charge in [0.1, 0.15) is 18.2 Å². The van der Waals surface area contributed by atoms with Crippen LogP contribution in [0.5, 0.6) is 5.75 Å². The summed E-state index contributed by atoms with van der Waals surface area (Å²) in [5, 5.41) is 2.97. The molecule has 1 aromatic carbocycles. The van der Waals surface area contributed by atoms with E-state index in [1.807, 2.05) is 19.1 Å². The highest BCUT2D eigenvalue weighted by Gasteiger charge is 2.23. The Bertz CT molecular complexity index is 709. The van der Waals surface area contributed by atoms with E-state index in [0.29, 0.717) is 31.9 Å². The van der Waals surface area contributed by atoms with Gasteiger partial charge in [-0.05, 0) is 54.8 Å². The van der Waals surface area contributed by atoms with E-state index in [1.165, 1.54) is 12.1 Å². The van der Waals surface area contributed by atoms with Gasteiger partial charge in [-0.1, -0.05) is 0 Å². The van der Waals surface area contributed by atoms with Crippen LogP contribution in [0.3, 0.4) is 0 Å². The Kier molecular flexibility index (Phi) is 4.93. The van der Waals surface area contributed by atoms with Gasteiger partial charge in [0.2, 0.25) is 0 Å². The van der Waals surface area contributed by atoms with Crippen molar-refractivity contribution in [2.24, 2.45) is 0 Å². The van der Waals surface area contributed by atoms with E-state index in [1.54, 1.807) is 23.4 Å². The van der Waals surface area contributed by atoms with E-state index in [2.05, 4.69) is 10.3 Å². The Balaban J connectivity index is 1.61. The van der Waals surface area contributed by atoms with Crippen LogP contribution in [0.25, 0.3) is 0 Å². The monoisotopic (exact) mass is 329 g/mol. The Hall–Kier alpha value is -2.63. The molecule has 0 fully saturated rings. The van der Waals surface area contributed by atoms with Crippen molar-refractivity contribution in [1.82, 2.24) is 15.2 Å². The molecule has 2 heterocycles. The predicted molar refractivity (Wildman–Crippen MR) is 88.2 cm³/mol. The van der Waals surface area contributed by atoms with E-state index in [0.717, 1.165) is 11.1 Å². The zero-order valence-corrected chi connectivity index (χ0v) is 13.5. The average Bonchev–Trinajstić information content (AvgIpc) is 2.60. The van der Waals surface area contributed by atoms with Crippen LogP contribution in [0.4, 0.5) is 9.18 Å². The first-order valence-corrected chi connectivity index (χ1v) is 8.01. The van der Waals surface area contributed by atoms with Crippen molar-refractivity contribution in [3.63, 3.8) is 0 Å². The minimum absolute atomic E-state index is 0.150. The first-order valence-electron chi connectivity index (χ1n) is 8.01. The molecule has 0 spiro atoms. The molecule has 0 bridgehead atoms. The van der Waals surface area contributed by atoms with Gasteiger partial charge in [-0.3, -0.25) is 4.98 Å². The summed E-state index contributed by atoms with van der Waals surface area (Å²) in [6.45, 7) is 3.43. The topological polar surface area (TPSA) is 54.5 Å². The molecule has 0 radical (unpaired) electrons. The van der Waals surface area contributed by atoms with Crippen molar-refractivity contribution in [2.75, 3.05) is 13.2 Å². The molecule has 2 amide bonds. The Morgan fingerprint density at radius 1 is 1.38 bits per heavy atom. The second-order valence-corrected chi connectivity index (χ2v) is 5.78. The number of nitrogens with zero attached hydrogens (tertiary/aromatic N) is 2. The first kappa shape index (κ1) is 16.2. The zero-order valence-electron chi connectivity index (χ0n) is 13.5. The van der Waals surface area contributed by atoms with Gasteiger partial charge in [-0.15, -0.1) is 0 Å². The maximum atomic E-state index is 13.4. The molecular formula is C18H20FN3O2. The highest BCUT2D eigenvalue weighted by Crippen LogP contribution is 2.25. The number of urea groups is 1. The van der Waals surface area contributed by atoms with Gasteiger partial charge in [0.15, 0.2) is 0 Å². The van der Waals surface area contributed by atoms with Crippen LogP contribution in [-0.2, 0) is 13.0 Å². The van der Waals surface area contributed by atoms with Crippen LogP contribution < -0.4 is 10.1 Å². The molecule has 5 nitrogen and oxygen atoms in total. The van der Waals surface area contributed by atoms with Crippen molar-refractivity contribution in [2.45, 2.75) is 25.9 Å². The lowest BCUT2D eigenvalue weighted by Crippen LogP contribution is -2.48. The number of benzene rings is 1. The number of rotatable bonds is 4. The minimum Gasteiger partial charge on any atom is -0.491 e. The number of halogens is 1. The third-order valence-corrected chi connectivity index (χ3v) is 4.05. The number of aromatic nitrogens is 1. The second-order valence-electron chi connectivity index (χ2n) is 5.78. The Morgan fingerprint density at radius 2 is 2.17 bits per heavy atom. The van der Waals surface area contributed by atoms with Crippen molar-refractivity contribution >= 4 is 6.03 Å². The summed E-state index contributed by atoms with van der Waals surface area (Å²) in [7, 11) is 0. The van der Waals surface area contributed by atoms with Gasteiger partial charge >= 0.3 is 6.03 Å². The fourth-order valence-electron chi connectivity index (χ4n) is 2.76. The van der Waals surface area contributed by atoms with Gasteiger partial charge in [0, 0.05) is 25.5 Å². The van der Waals surface area contributed by atoms with Gasteiger partial charge in [-0.2, -0.15) is 0 Å². The largest absolute Gasteiger partial charge is 0.491 e. The quantitative estimate of drug-likeness (QED) is 0.938. The maximum absolute atomic E-state index is 13.4. The standard InChI is InChI=1S/C18H20FN3O2/c1-2-22(11-13-5-7-20-8-6-13)18(23)21-16-10-14-9-15(19)3-4-17(14)24-12-16/h3-9,16H,2,10-12H2,1H3,(H,21,23). The summed E-state index contributed by atoms with van der Waals surface area (Å²) in [6, 6.07) is 7.93. The molecule has 0 saturated carbocycles. The summed E-state index contributed by atoms with van der Waals surface area (Å²) in [5.41, 5.74) is 1.80. The number of hydrogen-bond donors (Lipinski definition) is 1. The zero-order chi connectivity index (χ0) is 16.9. The summed E-state index contributed by atoms with van der Waals surface area (Å²) in [5.74, 6) is 0.392. The van der Waals surface area contributed by atoms with E-state index in [4.69, 9.17) is 4.74 Å². The van der Waals surface area contributed by atoms with Crippen molar-refractivity contribution in [3.8, 4) is 5.75 Å².